The molecule has 0 aliphatic carbocycles. The van der Waals surface area contributed by atoms with Gasteiger partial charge < -0.3 is 5.32 Å². The van der Waals surface area contributed by atoms with E-state index < -0.39 is 9.84 Å². The molecule has 0 bridgehead atoms. The van der Waals surface area contributed by atoms with Crippen LogP contribution in [0.3, 0.4) is 0 Å². The van der Waals surface area contributed by atoms with Crippen LogP contribution < -0.4 is 5.32 Å². The number of rotatable bonds is 7. The standard InChI is InChI=1S/C21H26N2O3S2/c1-17-5-7-20(8-6-17)28(25,26)14-9-21(24)22-19-4-2-3-18(15-19)16-23-10-12-27-13-11-23/h2-8,15H,9-14,16H2,1H3,(H,22,24). The predicted octanol–water partition coefficient (Wildman–Crippen LogP) is 3.35. The number of hydrogen-bond acceptors (Lipinski definition) is 5. The molecule has 0 atom stereocenters. The first-order chi connectivity index (χ1) is 13.4. The first kappa shape index (κ1) is 20.9. The van der Waals surface area contributed by atoms with E-state index >= 15 is 0 Å². The van der Waals surface area contributed by atoms with Crippen LogP contribution in [0.1, 0.15) is 17.5 Å². The van der Waals surface area contributed by atoms with Crippen molar-refractivity contribution >= 4 is 33.2 Å². The Kier molecular flexibility index (Phi) is 7.15. The maximum atomic E-state index is 12.4. The van der Waals surface area contributed by atoms with Gasteiger partial charge >= 0.3 is 0 Å². The number of nitrogens with zero attached hydrogens (tertiary/aromatic N) is 1. The van der Waals surface area contributed by atoms with Crippen LogP contribution in [0, 0.1) is 6.92 Å². The maximum absolute atomic E-state index is 12.4. The molecule has 1 N–H and O–H groups in total. The van der Waals surface area contributed by atoms with Crippen molar-refractivity contribution in [2.24, 2.45) is 0 Å². The zero-order valence-corrected chi connectivity index (χ0v) is 17.7. The number of thioether (sulfide) groups is 1. The van der Waals surface area contributed by atoms with Crippen molar-refractivity contribution in [2.45, 2.75) is 24.8 Å². The Balaban J connectivity index is 1.54. The smallest absolute Gasteiger partial charge is 0.225 e. The van der Waals surface area contributed by atoms with E-state index in [0.717, 1.165) is 42.3 Å². The molecule has 0 unspecified atom stereocenters. The summed E-state index contributed by atoms with van der Waals surface area (Å²) in [6, 6.07) is 14.5. The van der Waals surface area contributed by atoms with Crippen molar-refractivity contribution < 1.29 is 13.2 Å². The lowest BCUT2D eigenvalue weighted by molar-refractivity contribution is -0.115. The number of nitrogens with one attached hydrogen (secondary N) is 1. The number of amides is 1. The topological polar surface area (TPSA) is 66.5 Å². The second kappa shape index (κ2) is 9.58. The van der Waals surface area contributed by atoms with Gasteiger partial charge in [-0.3, -0.25) is 9.69 Å². The Bertz CT molecular complexity index is 906. The van der Waals surface area contributed by atoms with E-state index in [1.165, 1.54) is 0 Å². The number of sulfone groups is 1. The largest absolute Gasteiger partial charge is 0.326 e. The molecule has 2 aromatic rings. The molecule has 5 nitrogen and oxygen atoms in total. The minimum absolute atomic E-state index is 0.0657. The van der Waals surface area contributed by atoms with E-state index in [1.54, 1.807) is 24.3 Å². The van der Waals surface area contributed by atoms with Crippen LogP contribution in [0.5, 0.6) is 0 Å². The van der Waals surface area contributed by atoms with Gasteiger partial charge in [0.15, 0.2) is 9.84 Å². The fourth-order valence-corrected chi connectivity index (χ4v) is 5.30. The third-order valence-corrected chi connectivity index (χ3v) is 7.37. The van der Waals surface area contributed by atoms with E-state index in [-0.39, 0.29) is 23.0 Å². The molecule has 1 amide bonds. The Morgan fingerprint density at radius 2 is 1.82 bits per heavy atom. The Morgan fingerprint density at radius 1 is 1.11 bits per heavy atom. The summed E-state index contributed by atoms with van der Waals surface area (Å²) < 4.78 is 24.8. The minimum Gasteiger partial charge on any atom is -0.326 e. The molecular formula is C21H26N2O3S2. The van der Waals surface area contributed by atoms with Crippen molar-refractivity contribution in [1.29, 1.82) is 0 Å². The number of anilines is 1. The number of carbonyl (C=O) groups is 1. The van der Waals surface area contributed by atoms with Crippen molar-refractivity contribution in [2.75, 3.05) is 35.7 Å². The summed E-state index contributed by atoms with van der Waals surface area (Å²) in [6.45, 7) is 4.94. The van der Waals surface area contributed by atoms with Crippen molar-refractivity contribution in [3.63, 3.8) is 0 Å². The number of carbonyl (C=O) groups excluding carboxylic acids is 1. The predicted molar refractivity (Wildman–Crippen MR) is 116 cm³/mol. The molecule has 150 valence electrons. The van der Waals surface area contributed by atoms with E-state index in [9.17, 15) is 13.2 Å². The fourth-order valence-electron chi connectivity index (χ4n) is 3.08. The first-order valence-electron chi connectivity index (χ1n) is 9.41. The van der Waals surface area contributed by atoms with Crippen molar-refractivity contribution in [3.05, 3.63) is 59.7 Å². The second-order valence-corrected chi connectivity index (χ2v) is 10.4. The maximum Gasteiger partial charge on any atom is 0.225 e. The van der Waals surface area contributed by atoms with Crippen molar-refractivity contribution in [1.82, 2.24) is 4.90 Å². The molecule has 1 saturated heterocycles. The monoisotopic (exact) mass is 418 g/mol. The lowest BCUT2D eigenvalue weighted by Crippen LogP contribution is -2.31. The van der Waals surface area contributed by atoms with Gasteiger partial charge in [0.1, 0.15) is 0 Å². The van der Waals surface area contributed by atoms with Crippen LogP contribution in [-0.4, -0.2) is 49.6 Å². The summed E-state index contributed by atoms with van der Waals surface area (Å²) in [6.07, 6.45) is -0.0657. The summed E-state index contributed by atoms with van der Waals surface area (Å²) in [7, 11) is -3.46. The van der Waals surface area contributed by atoms with Crippen LogP contribution in [0.15, 0.2) is 53.4 Å². The van der Waals surface area contributed by atoms with Gasteiger partial charge in [0.25, 0.3) is 0 Å². The second-order valence-electron chi connectivity index (χ2n) is 7.02. The molecule has 0 aromatic heterocycles. The van der Waals surface area contributed by atoms with Gasteiger partial charge in [0.2, 0.25) is 5.91 Å². The Labute approximate surface area is 171 Å². The molecule has 1 aliphatic rings. The highest BCUT2D eigenvalue weighted by atomic mass is 32.2. The minimum atomic E-state index is -3.46. The highest BCUT2D eigenvalue weighted by molar-refractivity contribution is 7.99. The van der Waals surface area contributed by atoms with E-state index in [2.05, 4.69) is 16.3 Å². The molecule has 1 fully saturated rings. The molecule has 0 spiro atoms. The normalized spacial score (nSPS) is 15.3. The summed E-state index contributed by atoms with van der Waals surface area (Å²) in [5.41, 5.74) is 2.86. The van der Waals surface area contributed by atoms with Gasteiger partial charge in [-0.15, -0.1) is 0 Å². The lowest BCUT2D eigenvalue weighted by Gasteiger charge is -2.26. The molecule has 1 aliphatic heterocycles. The highest BCUT2D eigenvalue weighted by Gasteiger charge is 2.17. The van der Waals surface area contributed by atoms with Crippen LogP contribution >= 0.6 is 11.8 Å². The van der Waals surface area contributed by atoms with Crippen LogP contribution in [0.25, 0.3) is 0 Å². The van der Waals surface area contributed by atoms with Crippen LogP contribution in [0.2, 0.25) is 0 Å². The van der Waals surface area contributed by atoms with Gasteiger partial charge in [0.05, 0.1) is 10.6 Å². The van der Waals surface area contributed by atoms with Gasteiger partial charge in [-0.2, -0.15) is 11.8 Å². The SMILES string of the molecule is Cc1ccc(S(=O)(=O)CCC(=O)Nc2cccc(CN3CCSCC3)c2)cc1. The molecule has 1 heterocycles. The fraction of sp³-hybridized carbons (Fsp3) is 0.381. The highest BCUT2D eigenvalue weighted by Crippen LogP contribution is 2.17. The first-order valence-corrected chi connectivity index (χ1v) is 12.2. The third-order valence-electron chi connectivity index (χ3n) is 4.70. The number of hydrogen-bond donors (Lipinski definition) is 1. The summed E-state index contributed by atoms with van der Waals surface area (Å²) in [4.78, 5) is 14.9. The summed E-state index contributed by atoms with van der Waals surface area (Å²) in [5, 5.41) is 2.83. The molecule has 2 aromatic carbocycles. The zero-order valence-electron chi connectivity index (χ0n) is 16.1. The average molecular weight is 419 g/mol. The average Bonchev–Trinajstić information content (AvgIpc) is 2.68. The summed E-state index contributed by atoms with van der Waals surface area (Å²) >= 11 is 1.98. The quantitative estimate of drug-likeness (QED) is 0.747. The van der Waals surface area contributed by atoms with Crippen molar-refractivity contribution in [3.8, 4) is 0 Å². The van der Waals surface area contributed by atoms with Gasteiger partial charge in [0, 0.05) is 43.2 Å². The third kappa shape index (κ3) is 6.09. The molecule has 3 rings (SSSR count). The Hall–Kier alpha value is -1.83. The van der Waals surface area contributed by atoms with E-state index in [1.807, 2.05) is 36.9 Å². The number of aryl methyl sites for hydroxylation is 1. The molecular weight excluding hydrogens is 392 g/mol. The van der Waals surface area contributed by atoms with E-state index in [4.69, 9.17) is 0 Å². The molecule has 7 heteroatoms. The van der Waals surface area contributed by atoms with Gasteiger partial charge in [-0.1, -0.05) is 29.8 Å². The zero-order chi connectivity index (χ0) is 20.0. The van der Waals surface area contributed by atoms with Gasteiger partial charge in [-0.05, 0) is 36.8 Å². The molecule has 0 radical (unpaired) electrons. The lowest BCUT2D eigenvalue weighted by atomic mass is 10.2. The van der Waals surface area contributed by atoms with Crippen LogP contribution in [0.4, 0.5) is 5.69 Å². The molecule has 28 heavy (non-hydrogen) atoms. The summed E-state index contributed by atoms with van der Waals surface area (Å²) in [5.74, 6) is 1.83. The Morgan fingerprint density at radius 3 is 2.54 bits per heavy atom. The van der Waals surface area contributed by atoms with Crippen LogP contribution in [-0.2, 0) is 21.2 Å². The van der Waals surface area contributed by atoms with E-state index in [0.29, 0.717) is 5.69 Å². The number of benzene rings is 2. The van der Waals surface area contributed by atoms with Gasteiger partial charge in [-0.25, -0.2) is 8.42 Å². The molecule has 0 saturated carbocycles.